The highest BCUT2D eigenvalue weighted by Gasteiger charge is 2.04. The molecular weight excluding hydrogens is 174 g/mol. The largest absolute Gasteiger partial charge is 0.309 e. The lowest BCUT2D eigenvalue weighted by molar-refractivity contribution is 0.558. The molecule has 1 N–H and O–H groups in total. The van der Waals surface area contributed by atoms with Gasteiger partial charge in [-0.05, 0) is 13.8 Å². The number of nitrogens with zero attached hydrogens (tertiary/aromatic N) is 2. The molecule has 0 saturated heterocycles. The molecule has 1 aromatic heterocycles. The maximum absolute atomic E-state index is 5.23. The van der Waals surface area contributed by atoms with E-state index in [4.69, 9.17) is 6.42 Å². The zero-order chi connectivity index (χ0) is 10.6. The first-order valence-corrected chi connectivity index (χ1v) is 4.79. The summed E-state index contributed by atoms with van der Waals surface area (Å²) in [6.07, 6.45) is 8.02. The van der Waals surface area contributed by atoms with Gasteiger partial charge in [0, 0.05) is 37.8 Å². The molecule has 1 rings (SSSR count). The molecule has 0 amide bonds. The third kappa shape index (κ3) is 2.90. The Bertz CT molecular complexity index is 333. The molecule has 1 unspecified atom stereocenters. The summed E-state index contributed by atoms with van der Waals surface area (Å²) in [4.78, 5) is 0. The number of terminal acetylenes is 1. The minimum Gasteiger partial charge on any atom is -0.309 e. The topological polar surface area (TPSA) is 29.9 Å². The van der Waals surface area contributed by atoms with Gasteiger partial charge >= 0.3 is 0 Å². The van der Waals surface area contributed by atoms with Gasteiger partial charge in [-0.1, -0.05) is 0 Å². The van der Waals surface area contributed by atoms with Gasteiger partial charge < -0.3 is 5.32 Å². The highest BCUT2D eigenvalue weighted by atomic mass is 15.2. The average molecular weight is 191 g/mol. The summed E-state index contributed by atoms with van der Waals surface area (Å²) in [5, 5.41) is 7.63. The van der Waals surface area contributed by atoms with Crippen LogP contribution in [0.5, 0.6) is 0 Å². The van der Waals surface area contributed by atoms with E-state index in [1.165, 1.54) is 5.56 Å². The molecule has 3 heteroatoms. The molecule has 1 aromatic rings. The van der Waals surface area contributed by atoms with E-state index in [-0.39, 0.29) is 0 Å². The van der Waals surface area contributed by atoms with E-state index in [0.717, 1.165) is 18.7 Å². The van der Waals surface area contributed by atoms with Crippen molar-refractivity contribution in [3.05, 3.63) is 17.5 Å². The lowest BCUT2D eigenvalue weighted by atomic mass is 10.2. The van der Waals surface area contributed by atoms with Gasteiger partial charge in [0.1, 0.15) is 0 Å². The van der Waals surface area contributed by atoms with Crippen LogP contribution in [0.3, 0.4) is 0 Å². The fourth-order valence-electron chi connectivity index (χ4n) is 1.36. The van der Waals surface area contributed by atoms with E-state index < -0.39 is 0 Å². The van der Waals surface area contributed by atoms with Crippen LogP contribution in [0.25, 0.3) is 0 Å². The van der Waals surface area contributed by atoms with Gasteiger partial charge in [-0.25, -0.2) is 0 Å². The Labute approximate surface area is 85.5 Å². The Balaban J connectivity index is 2.46. The molecule has 1 atom stereocenters. The number of nitrogens with one attached hydrogen (secondary N) is 1. The third-order valence-corrected chi connectivity index (χ3v) is 2.18. The standard InChI is InChI=1S/C11H17N3/c1-5-6-9(2)12-7-11-8-14(4)13-10(11)3/h1,8-9,12H,6-7H2,2-4H3. The van der Waals surface area contributed by atoms with Gasteiger partial charge in [0.2, 0.25) is 0 Å². The van der Waals surface area contributed by atoms with E-state index in [1.807, 2.05) is 24.9 Å². The minimum atomic E-state index is 0.361. The monoisotopic (exact) mass is 191 g/mol. The first-order valence-electron chi connectivity index (χ1n) is 4.79. The quantitative estimate of drug-likeness (QED) is 0.725. The predicted octanol–water partition coefficient (Wildman–Crippen LogP) is 1.23. The van der Waals surface area contributed by atoms with E-state index in [2.05, 4.69) is 23.3 Å². The predicted molar refractivity (Wildman–Crippen MR) is 57.7 cm³/mol. The van der Waals surface area contributed by atoms with E-state index in [9.17, 15) is 0 Å². The molecule has 0 spiro atoms. The van der Waals surface area contributed by atoms with Gasteiger partial charge in [0.05, 0.1) is 5.69 Å². The van der Waals surface area contributed by atoms with Crippen LogP contribution in [0, 0.1) is 19.3 Å². The molecule has 3 nitrogen and oxygen atoms in total. The molecule has 0 aliphatic heterocycles. The summed E-state index contributed by atoms with van der Waals surface area (Å²) in [7, 11) is 1.93. The molecule has 0 bridgehead atoms. The van der Waals surface area contributed by atoms with E-state index in [0.29, 0.717) is 6.04 Å². The third-order valence-electron chi connectivity index (χ3n) is 2.18. The molecule has 0 aliphatic rings. The molecule has 0 saturated carbocycles. The Morgan fingerprint density at radius 1 is 1.71 bits per heavy atom. The Hall–Kier alpha value is -1.27. The second-order valence-corrected chi connectivity index (χ2v) is 3.60. The Morgan fingerprint density at radius 2 is 2.43 bits per heavy atom. The zero-order valence-electron chi connectivity index (χ0n) is 9.04. The molecule has 0 aromatic carbocycles. The summed E-state index contributed by atoms with van der Waals surface area (Å²) >= 11 is 0. The maximum atomic E-state index is 5.23. The van der Waals surface area contributed by atoms with Gasteiger partial charge in [0.15, 0.2) is 0 Å². The van der Waals surface area contributed by atoms with Crippen LogP contribution in [-0.2, 0) is 13.6 Å². The van der Waals surface area contributed by atoms with Crippen molar-refractivity contribution in [1.29, 1.82) is 0 Å². The van der Waals surface area contributed by atoms with Crippen molar-refractivity contribution in [2.45, 2.75) is 32.9 Å². The van der Waals surface area contributed by atoms with Crippen LogP contribution in [0.15, 0.2) is 6.20 Å². The van der Waals surface area contributed by atoms with E-state index in [1.54, 1.807) is 0 Å². The number of aryl methyl sites for hydroxylation is 2. The first-order chi connectivity index (χ1) is 6.63. The fourth-order valence-corrected chi connectivity index (χ4v) is 1.36. The Kier molecular flexibility index (Phi) is 3.73. The molecule has 76 valence electrons. The van der Waals surface area contributed by atoms with Gasteiger partial charge in [0.25, 0.3) is 0 Å². The zero-order valence-corrected chi connectivity index (χ0v) is 9.04. The average Bonchev–Trinajstić information content (AvgIpc) is 2.42. The van der Waals surface area contributed by atoms with Gasteiger partial charge in [-0.15, -0.1) is 12.3 Å². The van der Waals surface area contributed by atoms with Crippen molar-refractivity contribution >= 4 is 0 Å². The van der Waals surface area contributed by atoms with Crippen LogP contribution in [0.4, 0.5) is 0 Å². The van der Waals surface area contributed by atoms with Crippen LogP contribution in [0.1, 0.15) is 24.6 Å². The van der Waals surface area contributed by atoms with Crippen molar-refractivity contribution in [1.82, 2.24) is 15.1 Å². The lowest BCUT2D eigenvalue weighted by Gasteiger charge is -2.09. The molecule has 1 heterocycles. The first kappa shape index (κ1) is 10.8. The van der Waals surface area contributed by atoms with Crippen LogP contribution >= 0.6 is 0 Å². The molecule has 14 heavy (non-hydrogen) atoms. The summed E-state index contributed by atoms with van der Waals surface area (Å²) < 4.78 is 1.83. The highest BCUT2D eigenvalue weighted by molar-refractivity contribution is 5.14. The highest BCUT2D eigenvalue weighted by Crippen LogP contribution is 2.04. The van der Waals surface area contributed by atoms with Crippen LogP contribution in [0.2, 0.25) is 0 Å². The smallest absolute Gasteiger partial charge is 0.0638 e. The number of hydrogen-bond donors (Lipinski definition) is 1. The number of rotatable bonds is 4. The Morgan fingerprint density at radius 3 is 2.93 bits per heavy atom. The molecule has 0 radical (unpaired) electrons. The van der Waals surface area contributed by atoms with Crippen molar-refractivity contribution in [2.24, 2.45) is 7.05 Å². The maximum Gasteiger partial charge on any atom is 0.0638 e. The van der Waals surface area contributed by atoms with Crippen LogP contribution in [-0.4, -0.2) is 15.8 Å². The normalized spacial score (nSPS) is 12.4. The molecule has 0 fully saturated rings. The summed E-state index contributed by atoms with van der Waals surface area (Å²) in [5.74, 6) is 2.64. The second-order valence-electron chi connectivity index (χ2n) is 3.60. The van der Waals surface area contributed by atoms with Crippen molar-refractivity contribution in [3.63, 3.8) is 0 Å². The van der Waals surface area contributed by atoms with E-state index >= 15 is 0 Å². The van der Waals surface area contributed by atoms with Gasteiger partial charge in [-0.3, -0.25) is 4.68 Å². The van der Waals surface area contributed by atoms with Crippen molar-refractivity contribution < 1.29 is 0 Å². The van der Waals surface area contributed by atoms with Gasteiger partial charge in [-0.2, -0.15) is 5.10 Å². The summed E-state index contributed by atoms with van der Waals surface area (Å²) in [5.41, 5.74) is 2.31. The SMILES string of the molecule is C#CCC(C)NCc1cn(C)nc1C. The van der Waals surface area contributed by atoms with Crippen molar-refractivity contribution in [3.8, 4) is 12.3 Å². The number of hydrogen-bond acceptors (Lipinski definition) is 2. The molecule has 0 aliphatic carbocycles. The lowest BCUT2D eigenvalue weighted by Crippen LogP contribution is -2.24. The number of aromatic nitrogens is 2. The second kappa shape index (κ2) is 4.83. The summed E-state index contributed by atoms with van der Waals surface area (Å²) in [6.45, 7) is 4.94. The fraction of sp³-hybridized carbons (Fsp3) is 0.545. The van der Waals surface area contributed by atoms with Crippen molar-refractivity contribution in [2.75, 3.05) is 0 Å². The molecular formula is C11H17N3. The summed E-state index contributed by atoms with van der Waals surface area (Å²) in [6, 6.07) is 0.361. The minimum absolute atomic E-state index is 0.361. The van der Waals surface area contributed by atoms with Crippen LogP contribution < -0.4 is 5.32 Å².